The van der Waals surface area contributed by atoms with Crippen LogP contribution in [0.1, 0.15) is 113 Å². The number of hydrogen-bond donors (Lipinski definition) is 4. The van der Waals surface area contributed by atoms with Crippen LogP contribution in [-0.2, 0) is 19.1 Å². The molecule has 12 unspecified atom stereocenters. The van der Waals surface area contributed by atoms with Crippen molar-refractivity contribution in [2.45, 2.75) is 155 Å². The Morgan fingerprint density at radius 3 is 2.40 bits per heavy atom. The molecule has 9 heteroatoms. The van der Waals surface area contributed by atoms with E-state index in [-0.39, 0.29) is 48.5 Å². The van der Waals surface area contributed by atoms with Crippen LogP contribution >= 0.6 is 0 Å². The van der Waals surface area contributed by atoms with Crippen LogP contribution in [0.3, 0.4) is 0 Å². The van der Waals surface area contributed by atoms with E-state index in [1.807, 2.05) is 52.0 Å². The Bertz CT molecular complexity index is 1430. The molecule has 0 spiro atoms. The Morgan fingerprint density at radius 2 is 1.66 bits per heavy atom. The predicted molar refractivity (Wildman–Crippen MR) is 208 cm³/mol. The molecule has 4 N–H and O–H groups in total. The van der Waals surface area contributed by atoms with E-state index < -0.39 is 42.2 Å². The van der Waals surface area contributed by atoms with E-state index in [1.54, 1.807) is 11.0 Å². The number of allylic oxidation sites excluding steroid dienone is 9. The van der Waals surface area contributed by atoms with Crippen molar-refractivity contribution in [1.82, 2.24) is 4.90 Å². The van der Waals surface area contributed by atoms with Crippen LogP contribution in [0.2, 0.25) is 0 Å². The summed E-state index contributed by atoms with van der Waals surface area (Å²) >= 11 is 0. The van der Waals surface area contributed by atoms with Gasteiger partial charge in [-0.25, -0.2) is 4.79 Å². The third kappa shape index (κ3) is 12.3. The van der Waals surface area contributed by atoms with Crippen molar-refractivity contribution >= 4 is 11.9 Å². The molecule has 296 valence electrons. The smallest absolute Gasteiger partial charge is 0.329 e. The summed E-state index contributed by atoms with van der Waals surface area (Å²) in [5.41, 5.74) is 2.69. The number of nitrogens with zero attached hydrogens (tertiary/aromatic N) is 1. The number of esters is 1. The van der Waals surface area contributed by atoms with Gasteiger partial charge in [0.05, 0.1) is 30.8 Å². The molecule has 0 radical (unpaired) electrons. The maximum absolute atomic E-state index is 14.1. The summed E-state index contributed by atoms with van der Waals surface area (Å²) in [5.74, 6) is -2.13. The fraction of sp³-hybridized carbons (Fsp3) is 0.682. The highest BCUT2D eigenvalue weighted by molar-refractivity contribution is 5.85. The van der Waals surface area contributed by atoms with Gasteiger partial charge in [0.1, 0.15) is 12.1 Å². The number of cyclic esters (lactones) is 1. The zero-order valence-electron chi connectivity index (χ0n) is 33.2. The van der Waals surface area contributed by atoms with Gasteiger partial charge in [0.15, 0.2) is 5.79 Å². The number of fused-ring (bicyclic) bond motifs is 3. The summed E-state index contributed by atoms with van der Waals surface area (Å²) in [6.45, 7) is 14.6. The quantitative estimate of drug-likeness (QED) is 0.140. The fourth-order valence-electron chi connectivity index (χ4n) is 8.30. The molecule has 1 aliphatic carbocycles. The largest absolute Gasteiger partial charge is 0.456 e. The summed E-state index contributed by atoms with van der Waals surface area (Å²) in [6, 6.07) is -0.808. The molecule has 53 heavy (non-hydrogen) atoms. The molecule has 3 heterocycles. The molecule has 0 aromatic rings. The molecule has 2 saturated heterocycles. The van der Waals surface area contributed by atoms with Gasteiger partial charge in [-0.1, -0.05) is 93.5 Å². The van der Waals surface area contributed by atoms with Crippen molar-refractivity contribution in [3.63, 3.8) is 0 Å². The first kappa shape index (κ1) is 42.9. The minimum absolute atomic E-state index is 0.0588. The highest BCUT2D eigenvalue weighted by Gasteiger charge is 2.48. The molecule has 1 amide bonds. The van der Waals surface area contributed by atoms with Gasteiger partial charge in [-0.3, -0.25) is 4.79 Å². The van der Waals surface area contributed by atoms with Gasteiger partial charge in [0, 0.05) is 18.9 Å². The molecular formula is C44H67NO8. The molecule has 0 aromatic heterocycles. The number of rotatable bonds is 3. The highest BCUT2D eigenvalue weighted by atomic mass is 16.6. The lowest BCUT2D eigenvalue weighted by atomic mass is 9.78. The monoisotopic (exact) mass is 737 g/mol. The van der Waals surface area contributed by atoms with E-state index >= 15 is 0 Å². The lowest BCUT2D eigenvalue weighted by Crippen LogP contribution is -2.56. The molecule has 4 aliphatic rings. The number of aliphatic hydroxyl groups is 4. The summed E-state index contributed by atoms with van der Waals surface area (Å²) < 4.78 is 12.7. The van der Waals surface area contributed by atoms with Gasteiger partial charge in [0.25, 0.3) is 0 Å². The highest BCUT2D eigenvalue weighted by Crippen LogP contribution is 2.41. The minimum atomic E-state index is -1.64. The first-order valence-electron chi connectivity index (χ1n) is 20.1. The second kappa shape index (κ2) is 19.7. The summed E-state index contributed by atoms with van der Waals surface area (Å²) in [6.07, 6.45) is 19.7. The van der Waals surface area contributed by atoms with Crippen molar-refractivity contribution in [2.75, 3.05) is 6.54 Å². The molecule has 0 aromatic carbocycles. The van der Waals surface area contributed by atoms with Crippen LogP contribution in [-0.4, -0.2) is 86.1 Å². The minimum Gasteiger partial charge on any atom is -0.456 e. The number of hydrogen-bond acceptors (Lipinski definition) is 8. The maximum Gasteiger partial charge on any atom is 0.329 e. The van der Waals surface area contributed by atoms with E-state index in [9.17, 15) is 30.0 Å². The van der Waals surface area contributed by atoms with E-state index in [4.69, 9.17) is 9.47 Å². The van der Waals surface area contributed by atoms with Gasteiger partial charge >= 0.3 is 5.97 Å². The average molecular weight is 738 g/mol. The molecule has 3 aliphatic heterocycles. The standard InChI is InChI=1S/C44H67NO8/c1-28-12-8-9-13-31(4)42-33(6)24-34(7)44(51,53-42)27-41(49)45-21-11-10-14-37(45)43(50)52-40(26-36(46)19-17-29(2)16-15-28)32(5)22-30(3)23-35-18-20-38(47)39(48)25-35/h8-9,15-18,20,22-23,28,31,33-40,42,46-48,51H,10-14,19,21,24-27H2,1-7H3/b9-8+,16-15+,29-17-,30-23+,32-22+. The summed E-state index contributed by atoms with van der Waals surface area (Å²) in [4.78, 5) is 29.7. The maximum atomic E-state index is 14.1. The van der Waals surface area contributed by atoms with E-state index in [0.29, 0.717) is 31.7 Å². The third-order valence-electron chi connectivity index (χ3n) is 11.7. The van der Waals surface area contributed by atoms with Crippen molar-refractivity contribution in [2.24, 2.45) is 29.6 Å². The average Bonchev–Trinajstić information content (AvgIpc) is 3.10. The topological polar surface area (TPSA) is 137 Å². The van der Waals surface area contributed by atoms with Crippen LogP contribution in [0.25, 0.3) is 0 Å². The van der Waals surface area contributed by atoms with Crippen LogP contribution in [0.5, 0.6) is 0 Å². The van der Waals surface area contributed by atoms with Gasteiger partial charge in [-0.05, 0) is 101 Å². The Kier molecular flexibility index (Phi) is 15.9. The van der Waals surface area contributed by atoms with Crippen LogP contribution in [0.15, 0.2) is 71.4 Å². The van der Waals surface area contributed by atoms with E-state index in [0.717, 1.165) is 48.8 Å². The van der Waals surface area contributed by atoms with Crippen molar-refractivity contribution in [3.05, 3.63) is 71.4 Å². The number of ether oxygens (including phenoxy) is 2. The first-order valence-corrected chi connectivity index (χ1v) is 20.1. The van der Waals surface area contributed by atoms with Gasteiger partial charge < -0.3 is 34.8 Å². The number of amides is 1. The normalized spacial score (nSPS) is 41.5. The number of piperidine rings is 1. The molecule has 2 fully saturated rings. The fourth-order valence-corrected chi connectivity index (χ4v) is 8.30. The van der Waals surface area contributed by atoms with Gasteiger partial charge in [-0.2, -0.15) is 0 Å². The van der Waals surface area contributed by atoms with Crippen molar-refractivity contribution in [1.29, 1.82) is 0 Å². The SMILES string of the molecule is CC1=C/CC(O)CC(/C(C)=C/C(C)=C/C2C=CC(O)C(O)C2)OC(=O)C2CCCCN2C(=O)CC2(O)OC(C(C)C/C=C/CC(C)\C=C\1)C(C)CC2C. The zero-order chi connectivity index (χ0) is 38.9. The lowest BCUT2D eigenvalue weighted by Gasteiger charge is -2.47. The summed E-state index contributed by atoms with van der Waals surface area (Å²) in [7, 11) is 0. The predicted octanol–water partition coefficient (Wildman–Crippen LogP) is 6.88. The van der Waals surface area contributed by atoms with Crippen LogP contribution < -0.4 is 0 Å². The Balaban J connectivity index is 1.64. The van der Waals surface area contributed by atoms with Gasteiger partial charge in [0.2, 0.25) is 5.91 Å². The molecular weight excluding hydrogens is 670 g/mol. The summed E-state index contributed by atoms with van der Waals surface area (Å²) in [5, 5.41) is 43.2. The number of carbonyl (C=O) groups excluding carboxylic acids is 2. The Morgan fingerprint density at radius 1 is 0.925 bits per heavy atom. The van der Waals surface area contributed by atoms with E-state index in [1.165, 1.54) is 0 Å². The second-order valence-electron chi connectivity index (χ2n) is 16.7. The first-order chi connectivity index (χ1) is 25.1. The van der Waals surface area contributed by atoms with Crippen LogP contribution in [0, 0.1) is 29.6 Å². The Hall–Kier alpha value is -2.82. The molecule has 2 bridgehead atoms. The second-order valence-corrected chi connectivity index (χ2v) is 16.7. The van der Waals surface area contributed by atoms with Crippen molar-refractivity contribution in [3.8, 4) is 0 Å². The molecule has 4 rings (SSSR count). The zero-order valence-corrected chi connectivity index (χ0v) is 33.2. The number of carbonyl (C=O) groups is 2. The molecule has 9 nitrogen and oxygen atoms in total. The molecule has 12 atom stereocenters. The van der Waals surface area contributed by atoms with Crippen LogP contribution in [0.4, 0.5) is 0 Å². The third-order valence-corrected chi connectivity index (χ3v) is 11.7. The Labute approximate surface area is 318 Å². The lowest BCUT2D eigenvalue weighted by molar-refractivity contribution is -0.301. The van der Waals surface area contributed by atoms with E-state index in [2.05, 4.69) is 45.1 Å². The van der Waals surface area contributed by atoms with Gasteiger partial charge in [-0.15, -0.1) is 0 Å². The molecule has 0 saturated carbocycles. The van der Waals surface area contributed by atoms with Crippen molar-refractivity contribution < 1.29 is 39.5 Å². The number of aliphatic hydroxyl groups excluding tert-OH is 3.